The Labute approximate surface area is 85.4 Å². The summed E-state index contributed by atoms with van der Waals surface area (Å²) in [6.07, 6.45) is 15.3. The molecule has 0 unspecified atom stereocenters. The topological polar surface area (TPSA) is 23.8 Å². The zero-order valence-corrected chi connectivity index (χ0v) is 8.32. The van der Waals surface area contributed by atoms with Gasteiger partial charge in [-0.15, -0.1) is 0 Å². The van der Waals surface area contributed by atoms with Crippen LogP contribution in [0.25, 0.3) is 0 Å². The van der Waals surface area contributed by atoms with Crippen LogP contribution in [0.3, 0.4) is 0 Å². The Bertz CT molecular complexity index is 328. The second kappa shape index (κ2) is 4.28. The van der Waals surface area contributed by atoms with E-state index < -0.39 is 0 Å². The smallest absolute Gasteiger partial charge is 0.0621 e. The lowest BCUT2D eigenvalue weighted by Crippen LogP contribution is -1.95. The summed E-state index contributed by atoms with van der Waals surface area (Å²) in [6, 6.07) is 2.20. The van der Waals surface area contributed by atoms with Gasteiger partial charge in [0.2, 0.25) is 0 Å². The van der Waals surface area contributed by atoms with E-state index in [2.05, 4.69) is 36.4 Å². The molecule has 2 rings (SSSR count). The van der Waals surface area contributed by atoms with Gasteiger partial charge in [0, 0.05) is 6.42 Å². The quantitative estimate of drug-likeness (QED) is 0.488. The van der Waals surface area contributed by atoms with E-state index in [4.69, 9.17) is 5.26 Å². The van der Waals surface area contributed by atoms with Crippen LogP contribution in [0.2, 0.25) is 0 Å². The lowest BCUT2D eigenvalue weighted by atomic mass is 9.96. The molecule has 2 aliphatic rings. The number of fused-ring (bicyclic) bond motifs is 2. The number of hydrogen-bond acceptors (Lipinski definition) is 1. The van der Waals surface area contributed by atoms with Crippen LogP contribution in [-0.2, 0) is 0 Å². The molecule has 2 bridgehead atoms. The van der Waals surface area contributed by atoms with Crippen LogP contribution in [-0.4, -0.2) is 0 Å². The predicted molar refractivity (Wildman–Crippen MR) is 57.4 cm³/mol. The number of rotatable bonds is 3. The van der Waals surface area contributed by atoms with E-state index in [1.165, 1.54) is 6.42 Å². The normalized spacial score (nSPS) is 28.4. The molecule has 0 saturated heterocycles. The van der Waals surface area contributed by atoms with Gasteiger partial charge in [-0.25, -0.2) is 0 Å². The average molecular weight is 185 g/mol. The maximum Gasteiger partial charge on any atom is 0.0621 e. The van der Waals surface area contributed by atoms with Gasteiger partial charge in [-0.3, -0.25) is 0 Å². The van der Waals surface area contributed by atoms with Crippen LogP contribution in [0, 0.1) is 23.2 Å². The van der Waals surface area contributed by atoms with Crippen molar-refractivity contribution >= 4 is 0 Å². The molecule has 1 heteroatoms. The zero-order valence-electron chi connectivity index (χ0n) is 8.32. The SMILES string of the molecule is N#CCCCC1=C[C@H]2C=CC=C[C@@H]1C2. The summed E-state index contributed by atoms with van der Waals surface area (Å²) in [5.74, 6) is 1.29. The van der Waals surface area contributed by atoms with Gasteiger partial charge in [0.15, 0.2) is 0 Å². The van der Waals surface area contributed by atoms with Crippen LogP contribution >= 0.6 is 0 Å². The largest absolute Gasteiger partial charge is 0.198 e. The molecule has 0 radical (unpaired) electrons. The van der Waals surface area contributed by atoms with Crippen LogP contribution in [0.1, 0.15) is 25.7 Å². The van der Waals surface area contributed by atoms with Gasteiger partial charge in [-0.05, 0) is 31.1 Å². The molecule has 14 heavy (non-hydrogen) atoms. The van der Waals surface area contributed by atoms with E-state index in [0.717, 1.165) is 12.8 Å². The van der Waals surface area contributed by atoms with Crippen molar-refractivity contribution in [3.8, 4) is 6.07 Å². The molecule has 0 aliphatic heterocycles. The van der Waals surface area contributed by atoms with E-state index in [0.29, 0.717) is 18.3 Å². The lowest BCUT2D eigenvalue weighted by Gasteiger charge is -2.08. The van der Waals surface area contributed by atoms with Gasteiger partial charge in [0.05, 0.1) is 6.07 Å². The predicted octanol–water partition coefficient (Wildman–Crippen LogP) is 3.37. The van der Waals surface area contributed by atoms with Crippen molar-refractivity contribution in [3.05, 3.63) is 36.0 Å². The minimum Gasteiger partial charge on any atom is -0.198 e. The highest BCUT2D eigenvalue weighted by Crippen LogP contribution is 2.36. The molecule has 2 atom stereocenters. The fourth-order valence-corrected chi connectivity index (χ4v) is 2.29. The molecule has 0 saturated carbocycles. The van der Waals surface area contributed by atoms with Crippen molar-refractivity contribution in [2.45, 2.75) is 25.7 Å². The first-order chi connectivity index (χ1) is 6.90. The highest BCUT2D eigenvalue weighted by molar-refractivity contribution is 5.28. The Morgan fingerprint density at radius 2 is 2.21 bits per heavy atom. The molecule has 0 fully saturated rings. The molecule has 0 N–H and O–H groups in total. The summed E-state index contributed by atoms with van der Waals surface area (Å²) in [4.78, 5) is 0. The Balaban J connectivity index is 1.97. The van der Waals surface area contributed by atoms with Gasteiger partial charge in [-0.2, -0.15) is 5.26 Å². The van der Waals surface area contributed by atoms with Crippen molar-refractivity contribution < 1.29 is 0 Å². The van der Waals surface area contributed by atoms with E-state index in [1.54, 1.807) is 5.57 Å². The summed E-state index contributed by atoms with van der Waals surface area (Å²) in [6.45, 7) is 0. The average Bonchev–Trinajstić information content (AvgIpc) is 2.41. The standard InChI is InChI=1S/C13H15N/c14-8-4-3-7-13-10-11-5-1-2-6-12(13)9-11/h1-2,5-6,10-12H,3-4,7,9H2/t11-,12+/m0/s1. The molecule has 2 aliphatic carbocycles. The summed E-state index contributed by atoms with van der Waals surface area (Å²) >= 11 is 0. The minimum atomic E-state index is 0.645. The van der Waals surface area contributed by atoms with Crippen molar-refractivity contribution in [1.29, 1.82) is 5.26 Å². The Morgan fingerprint density at radius 1 is 1.36 bits per heavy atom. The van der Waals surface area contributed by atoms with E-state index in [1.807, 2.05) is 0 Å². The van der Waals surface area contributed by atoms with Crippen LogP contribution in [0.15, 0.2) is 36.0 Å². The Kier molecular flexibility index (Phi) is 2.84. The Hall–Kier alpha value is -1.29. The highest BCUT2D eigenvalue weighted by Gasteiger charge is 2.23. The zero-order chi connectivity index (χ0) is 9.80. The van der Waals surface area contributed by atoms with Gasteiger partial charge < -0.3 is 0 Å². The monoisotopic (exact) mass is 185 g/mol. The van der Waals surface area contributed by atoms with Crippen molar-refractivity contribution in [3.63, 3.8) is 0 Å². The maximum atomic E-state index is 8.48. The number of nitrogens with zero attached hydrogens (tertiary/aromatic N) is 1. The van der Waals surface area contributed by atoms with Crippen molar-refractivity contribution in [2.75, 3.05) is 0 Å². The molecule has 0 amide bonds. The van der Waals surface area contributed by atoms with E-state index >= 15 is 0 Å². The fraction of sp³-hybridized carbons (Fsp3) is 0.462. The van der Waals surface area contributed by atoms with Gasteiger partial charge >= 0.3 is 0 Å². The van der Waals surface area contributed by atoms with Gasteiger partial charge in [-0.1, -0.05) is 36.0 Å². The summed E-state index contributed by atoms with van der Waals surface area (Å²) in [5, 5.41) is 8.48. The summed E-state index contributed by atoms with van der Waals surface area (Å²) < 4.78 is 0. The summed E-state index contributed by atoms with van der Waals surface area (Å²) in [5.41, 5.74) is 1.55. The second-order valence-corrected chi connectivity index (χ2v) is 4.03. The first-order valence-corrected chi connectivity index (χ1v) is 5.32. The van der Waals surface area contributed by atoms with Gasteiger partial charge in [0.25, 0.3) is 0 Å². The lowest BCUT2D eigenvalue weighted by molar-refractivity contribution is 0.643. The van der Waals surface area contributed by atoms with E-state index in [9.17, 15) is 0 Å². The second-order valence-electron chi connectivity index (χ2n) is 4.03. The number of unbranched alkanes of at least 4 members (excludes halogenated alkanes) is 1. The van der Waals surface area contributed by atoms with Crippen LogP contribution in [0.5, 0.6) is 0 Å². The first kappa shape index (κ1) is 9.27. The number of allylic oxidation sites excluding steroid dienone is 6. The summed E-state index contributed by atoms with van der Waals surface area (Å²) in [7, 11) is 0. The molecular formula is C13H15N. The van der Waals surface area contributed by atoms with E-state index in [-0.39, 0.29) is 0 Å². The third-order valence-electron chi connectivity index (χ3n) is 3.00. The number of nitriles is 1. The molecule has 72 valence electrons. The number of hydrogen-bond donors (Lipinski definition) is 0. The third kappa shape index (κ3) is 1.96. The molecule has 0 spiro atoms. The van der Waals surface area contributed by atoms with Crippen molar-refractivity contribution in [2.24, 2.45) is 11.8 Å². The molecule has 0 aromatic rings. The third-order valence-corrected chi connectivity index (χ3v) is 3.00. The molecular weight excluding hydrogens is 170 g/mol. The fourth-order valence-electron chi connectivity index (χ4n) is 2.29. The van der Waals surface area contributed by atoms with Crippen LogP contribution in [0.4, 0.5) is 0 Å². The van der Waals surface area contributed by atoms with Crippen molar-refractivity contribution in [1.82, 2.24) is 0 Å². The minimum absolute atomic E-state index is 0.645. The highest BCUT2D eigenvalue weighted by atomic mass is 14.3. The van der Waals surface area contributed by atoms with Crippen LogP contribution < -0.4 is 0 Å². The molecule has 1 nitrogen and oxygen atoms in total. The molecule has 0 aromatic heterocycles. The Morgan fingerprint density at radius 3 is 3.07 bits per heavy atom. The van der Waals surface area contributed by atoms with Gasteiger partial charge in [0.1, 0.15) is 0 Å². The molecule has 0 aromatic carbocycles. The molecule has 0 heterocycles. The first-order valence-electron chi connectivity index (χ1n) is 5.32. The maximum absolute atomic E-state index is 8.48.